The van der Waals surface area contributed by atoms with Gasteiger partial charge in [-0.3, -0.25) is 0 Å². The van der Waals surface area contributed by atoms with Gasteiger partial charge in [-0.1, -0.05) is 194 Å². The van der Waals surface area contributed by atoms with Crippen LogP contribution in [0.15, 0.2) is 243 Å². The SMILES string of the molecule is c1ccc(-n2c3ccccc3c3ccccc32)c(-c2ccc(N(c3ccc(-c4cc5ccccc5c5ccccc45)cc3)c3cc4ccccc4c4ccccc34)c3ccccc23)c1. The van der Waals surface area contributed by atoms with E-state index in [-0.39, 0.29) is 0 Å². The molecule has 2 nitrogen and oxygen atoms in total. The van der Waals surface area contributed by atoms with E-state index in [0.717, 1.165) is 22.7 Å². The molecule has 0 aliphatic heterocycles. The van der Waals surface area contributed by atoms with E-state index in [1.807, 2.05) is 0 Å². The summed E-state index contributed by atoms with van der Waals surface area (Å²) >= 11 is 0. The Morgan fingerprint density at radius 1 is 0.266 bits per heavy atom. The minimum atomic E-state index is 1.10. The molecule has 2 heteroatoms. The molecule has 1 heterocycles. The first-order chi connectivity index (χ1) is 31.8. The summed E-state index contributed by atoms with van der Waals surface area (Å²) in [7, 11) is 0. The number of fused-ring (bicyclic) bond motifs is 10. The molecule has 0 amide bonds. The van der Waals surface area contributed by atoms with Crippen molar-refractivity contribution in [2.45, 2.75) is 0 Å². The zero-order valence-electron chi connectivity index (χ0n) is 35.0. The predicted octanol–water partition coefficient (Wildman–Crippen LogP) is 17.4. The van der Waals surface area contributed by atoms with Crippen molar-refractivity contribution in [3.05, 3.63) is 243 Å². The lowest BCUT2D eigenvalue weighted by Gasteiger charge is -2.29. The third-order valence-corrected chi connectivity index (χ3v) is 13.3. The third-order valence-electron chi connectivity index (χ3n) is 13.3. The smallest absolute Gasteiger partial charge is 0.0546 e. The van der Waals surface area contributed by atoms with E-state index in [9.17, 15) is 0 Å². The van der Waals surface area contributed by atoms with Crippen molar-refractivity contribution in [1.82, 2.24) is 4.57 Å². The van der Waals surface area contributed by atoms with Crippen LogP contribution < -0.4 is 4.90 Å². The molecule has 0 atom stereocenters. The number of aromatic nitrogens is 1. The van der Waals surface area contributed by atoms with Gasteiger partial charge in [0.2, 0.25) is 0 Å². The largest absolute Gasteiger partial charge is 0.309 e. The minimum Gasteiger partial charge on any atom is -0.309 e. The van der Waals surface area contributed by atoms with Crippen LogP contribution in [0.2, 0.25) is 0 Å². The molecule has 13 aromatic rings. The van der Waals surface area contributed by atoms with Crippen molar-refractivity contribution >= 4 is 92.7 Å². The Morgan fingerprint density at radius 3 is 1.36 bits per heavy atom. The molecule has 0 bridgehead atoms. The number of nitrogens with zero attached hydrogens (tertiary/aromatic N) is 2. The van der Waals surface area contributed by atoms with Crippen molar-refractivity contribution in [2.24, 2.45) is 0 Å². The van der Waals surface area contributed by atoms with Crippen LogP contribution in [0, 0.1) is 0 Å². The van der Waals surface area contributed by atoms with E-state index in [1.54, 1.807) is 0 Å². The fourth-order valence-corrected chi connectivity index (χ4v) is 10.5. The summed E-state index contributed by atoms with van der Waals surface area (Å²) < 4.78 is 2.44. The first-order valence-corrected chi connectivity index (χ1v) is 22.1. The molecule has 0 radical (unpaired) electrons. The van der Waals surface area contributed by atoms with E-state index in [4.69, 9.17) is 0 Å². The first kappa shape index (κ1) is 36.2. The molecule has 298 valence electrons. The lowest BCUT2D eigenvalue weighted by atomic mass is 9.92. The van der Waals surface area contributed by atoms with Crippen LogP contribution in [0.3, 0.4) is 0 Å². The van der Waals surface area contributed by atoms with Gasteiger partial charge in [-0.2, -0.15) is 0 Å². The molecule has 0 aliphatic rings. The summed E-state index contributed by atoms with van der Waals surface area (Å²) in [5, 5.41) is 14.8. The van der Waals surface area contributed by atoms with Crippen molar-refractivity contribution in [3.63, 3.8) is 0 Å². The zero-order valence-corrected chi connectivity index (χ0v) is 35.0. The maximum atomic E-state index is 2.49. The van der Waals surface area contributed by atoms with Gasteiger partial charge in [0.15, 0.2) is 0 Å². The van der Waals surface area contributed by atoms with Crippen molar-refractivity contribution in [1.29, 1.82) is 0 Å². The summed E-state index contributed by atoms with van der Waals surface area (Å²) in [4.78, 5) is 2.49. The van der Waals surface area contributed by atoms with Crippen LogP contribution in [0.5, 0.6) is 0 Å². The van der Waals surface area contributed by atoms with Gasteiger partial charge >= 0.3 is 0 Å². The van der Waals surface area contributed by atoms with Gasteiger partial charge in [0.1, 0.15) is 0 Å². The average molecular weight is 813 g/mol. The van der Waals surface area contributed by atoms with Gasteiger partial charge in [-0.15, -0.1) is 0 Å². The fourth-order valence-electron chi connectivity index (χ4n) is 10.5. The second-order valence-corrected chi connectivity index (χ2v) is 16.8. The molecule has 0 saturated carbocycles. The highest BCUT2D eigenvalue weighted by Gasteiger charge is 2.23. The lowest BCUT2D eigenvalue weighted by molar-refractivity contribution is 1.18. The summed E-state index contributed by atoms with van der Waals surface area (Å²) in [6.07, 6.45) is 0. The Kier molecular flexibility index (Phi) is 8.25. The summed E-state index contributed by atoms with van der Waals surface area (Å²) in [6.45, 7) is 0. The van der Waals surface area contributed by atoms with Gasteiger partial charge in [-0.25, -0.2) is 0 Å². The van der Waals surface area contributed by atoms with Crippen molar-refractivity contribution in [3.8, 4) is 27.9 Å². The van der Waals surface area contributed by atoms with E-state index in [0.29, 0.717) is 0 Å². The topological polar surface area (TPSA) is 8.17 Å². The number of anilines is 3. The molecule has 0 spiro atoms. The molecule has 12 aromatic carbocycles. The Bertz CT molecular complexity index is 3910. The molecule has 64 heavy (non-hydrogen) atoms. The molecule has 0 fully saturated rings. The Balaban J connectivity index is 1.04. The number of rotatable bonds is 6. The molecule has 0 unspecified atom stereocenters. The fraction of sp³-hybridized carbons (Fsp3) is 0. The lowest BCUT2D eigenvalue weighted by Crippen LogP contribution is -2.11. The molecule has 1 aromatic heterocycles. The van der Waals surface area contributed by atoms with Crippen LogP contribution in [-0.4, -0.2) is 4.57 Å². The van der Waals surface area contributed by atoms with E-state index < -0.39 is 0 Å². The average Bonchev–Trinajstić information content (AvgIpc) is 3.71. The van der Waals surface area contributed by atoms with E-state index >= 15 is 0 Å². The Labute approximate surface area is 371 Å². The van der Waals surface area contributed by atoms with Crippen LogP contribution >= 0.6 is 0 Å². The summed E-state index contributed by atoms with van der Waals surface area (Å²) in [5.74, 6) is 0. The van der Waals surface area contributed by atoms with Gasteiger partial charge in [0, 0.05) is 32.8 Å². The predicted molar refractivity (Wildman–Crippen MR) is 274 cm³/mol. The van der Waals surface area contributed by atoms with Crippen molar-refractivity contribution in [2.75, 3.05) is 4.90 Å². The second-order valence-electron chi connectivity index (χ2n) is 16.8. The summed E-state index contributed by atoms with van der Waals surface area (Å²) in [5.41, 5.74) is 11.7. The Morgan fingerprint density at radius 2 is 0.719 bits per heavy atom. The third kappa shape index (κ3) is 5.59. The first-order valence-electron chi connectivity index (χ1n) is 22.1. The maximum absolute atomic E-state index is 2.49. The van der Waals surface area contributed by atoms with Gasteiger partial charge in [0.25, 0.3) is 0 Å². The zero-order chi connectivity index (χ0) is 42.1. The quantitative estimate of drug-likeness (QED) is 0.152. The van der Waals surface area contributed by atoms with Crippen LogP contribution in [0.4, 0.5) is 17.1 Å². The second kappa shape index (κ2) is 14.6. The van der Waals surface area contributed by atoms with E-state index in [1.165, 1.54) is 97.9 Å². The highest BCUT2D eigenvalue weighted by Crippen LogP contribution is 2.47. The number of hydrogen-bond acceptors (Lipinski definition) is 1. The molecular formula is C62H40N2. The molecule has 0 N–H and O–H groups in total. The number of para-hydroxylation sites is 3. The highest BCUT2D eigenvalue weighted by atomic mass is 15.1. The van der Waals surface area contributed by atoms with E-state index in [2.05, 4.69) is 252 Å². The van der Waals surface area contributed by atoms with Crippen LogP contribution in [0.25, 0.3) is 104 Å². The van der Waals surface area contributed by atoms with Gasteiger partial charge < -0.3 is 9.47 Å². The molecule has 0 saturated heterocycles. The Hall–Kier alpha value is -8.46. The number of hydrogen-bond donors (Lipinski definition) is 0. The minimum absolute atomic E-state index is 1.10. The highest BCUT2D eigenvalue weighted by molar-refractivity contribution is 6.18. The van der Waals surface area contributed by atoms with Crippen molar-refractivity contribution < 1.29 is 0 Å². The standard InChI is InChI=1S/C62H40N2/c1-3-19-45-42(17-1)39-57(50-24-6-5-21-47(45)50)41-33-35-44(36-34-41)63(62-40-43-18-2-4-20-46(43)48-22-7-10-27-54(48)62)61-38-37-51(49-23-8-9-25-52(49)61)53-26-11-14-30-58(53)64-59-31-15-12-28-55(59)56-29-13-16-32-60(56)64/h1-40H. The van der Waals surface area contributed by atoms with Gasteiger partial charge in [-0.05, 0) is 108 Å². The molecule has 13 rings (SSSR count). The van der Waals surface area contributed by atoms with Crippen LogP contribution in [-0.2, 0) is 0 Å². The number of benzene rings is 12. The molecular weight excluding hydrogens is 773 g/mol. The normalized spacial score (nSPS) is 11.8. The monoisotopic (exact) mass is 812 g/mol. The summed E-state index contributed by atoms with van der Waals surface area (Å²) in [6, 6.07) is 89.2. The van der Waals surface area contributed by atoms with Crippen LogP contribution in [0.1, 0.15) is 0 Å². The maximum Gasteiger partial charge on any atom is 0.0546 e. The van der Waals surface area contributed by atoms with Gasteiger partial charge in [0.05, 0.1) is 28.1 Å². The molecule has 0 aliphatic carbocycles.